The first-order valence-corrected chi connectivity index (χ1v) is 7.41. The highest BCUT2D eigenvalue weighted by Crippen LogP contribution is 2.24. The molecule has 1 saturated heterocycles. The van der Waals surface area contributed by atoms with Crippen LogP contribution in [0.15, 0.2) is 22.0 Å². The molecule has 7 nitrogen and oxygen atoms in total. The number of nitrogens with zero attached hydrogens (tertiary/aromatic N) is 3. The van der Waals surface area contributed by atoms with Crippen LogP contribution >= 0.6 is 11.3 Å². The first-order valence-electron chi connectivity index (χ1n) is 6.54. The molecule has 1 N–H and O–H groups in total. The number of hydrogen-bond acceptors (Lipinski definition) is 8. The molecule has 2 atom stereocenters. The molecule has 112 valence electrons. The first kappa shape index (κ1) is 14.2. The smallest absolute Gasteiger partial charge is 0.323 e. The SMILES string of the molecule is COC(=O)C1CC(O)CN1Cc1nc(-c2cccs2)no1. The van der Waals surface area contributed by atoms with Crippen LogP contribution in [0.2, 0.25) is 0 Å². The number of rotatable bonds is 4. The lowest BCUT2D eigenvalue weighted by Gasteiger charge is -2.19. The number of methoxy groups -OCH3 is 1. The average molecular weight is 309 g/mol. The van der Waals surface area contributed by atoms with Crippen molar-refractivity contribution in [2.45, 2.75) is 25.1 Å². The van der Waals surface area contributed by atoms with Gasteiger partial charge in [-0.1, -0.05) is 11.2 Å². The summed E-state index contributed by atoms with van der Waals surface area (Å²) >= 11 is 1.53. The van der Waals surface area contributed by atoms with Gasteiger partial charge in [0, 0.05) is 13.0 Å². The van der Waals surface area contributed by atoms with Gasteiger partial charge in [-0.3, -0.25) is 9.69 Å². The highest BCUT2D eigenvalue weighted by Gasteiger charge is 2.37. The Balaban J connectivity index is 1.72. The van der Waals surface area contributed by atoms with E-state index in [4.69, 9.17) is 9.26 Å². The van der Waals surface area contributed by atoms with Crippen molar-refractivity contribution in [1.82, 2.24) is 15.0 Å². The maximum Gasteiger partial charge on any atom is 0.323 e. The van der Waals surface area contributed by atoms with Crippen molar-refractivity contribution < 1.29 is 19.2 Å². The summed E-state index contributed by atoms with van der Waals surface area (Å²) in [5, 5.41) is 15.6. The zero-order valence-electron chi connectivity index (χ0n) is 11.4. The maximum atomic E-state index is 11.7. The zero-order chi connectivity index (χ0) is 14.8. The Morgan fingerprint density at radius 3 is 3.24 bits per heavy atom. The van der Waals surface area contributed by atoms with E-state index in [0.717, 1.165) is 4.88 Å². The molecular weight excluding hydrogens is 294 g/mol. The standard InChI is InChI=1S/C13H15N3O4S/c1-19-13(18)9-5-8(17)6-16(9)7-11-14-12(15-20-11)10-3-2-4-21-10/h2-4,8-9,17H,5-7H2,1H3. The van der Waals surface area contributed by atoms with Gasteiger partial charge in [-0.2, -0.15) is 4.98 Å². The minimum atomic E-state index is -0.547. The molecule has 0 amide bonds. The van der Waals surface area contributed by atoms with Gasteiger partial charge in [0.2, 0.25) is 11.7 Å². The Morgan fingerprint density at radius 1 is 1.67 bits per heavy atom. The third-order valence-electron chi connectivity index (χ3n) is 3.40. The van der Waals surface area contributed by atoms with Crippen LogP contribution in [0.5, 0.6) is 0 Å². The molecule has 21 heavy (non-hydrogen) atoms. The number of ether oxygens (including phenoxy) is 1. The van der Waals surface area contributed by atoms with E-state index in [2.05, 4.69) is 10.1 Å². The lowest BCUT2D eigenvalue weighted by Crippen LogP contribution is -2.36. The molecule has 0 aromatic carbocycles. The van der Waals surface area contributed by atoms with Gasteiger partial charge in [-0.15, -0.1) is 11.3 Å². The van der Waals surface area contributed by atoms with Gasteiger partial charge in [0.05, 0.1) is 24.6 Å². The maximum absolute atomic E-state index is 11.7. The fourth-order valence-corrected chi connectivity index (χ4v) is 3.08. The fraction of sp³-hybridized carbons (Fsp3) is 0.462. The largest absolute Gasteiger partial charge is 0.468 e. The monoisotopic (exact) mass is 309 g/mol. The van der Waals surface area contributed by atoms with Crippen LogP contribution in [0, 0.1) is 0 Å². The molecule has 0 bridgehead atoms. The number of carbonyl (C=O) groups excluding carboxylic acids is 1. The summed E-state index contributed by atoms with van der Waals surface area (Å²) in [4.78, 5) is 18.8. The van der Waals surface area contributed by atoms with Crippen molar-refractivity contribution in [2.24, 2.45) is 0 Å². The van der Waals surface area contributed by atoms with E-state index >= 15 is 0 Å². The molecule has 1 fully saturated rings. The number of thiophene rings is 1. The van der Waals surface area contributed by atoms with E-state index < -0.39 is 12.1 Å². The highest BCUT2D eigenvalue weighted by atomic mass is 32.1. The van der Waals surface area contributed by atoms with Crippen LogP contribution in [-0.2, 0) is 16.1 Å². The number of aliphatic hydroxyl groups excluding tert-OH is 1. The minimum absolute atomic E-state index is 0.315. The van der Waals surface area contributed by atoms with Crippen LogP contribution < -0.4 is 0 Å². The van der Waals surface area contributed by atoms with Gasteiger partial charge in [0.1, 0.15) is 6.04 Å². The molecule has 2 aromatic heterocycles. The topological polar surface area (TPSA) is 88.7 Å². The third-order valence-corrected chi connectivity index (χ3v) is 4.27. The minimum Gasteiger partial charge on any atom is -0.468 e. The Labute approximate surface area is 125 Å². The van der Waals surface area contributed by atoms with Crippen molar-refractivity contribution in [2.75, 3.05) is 13.7 Å². The van der Waals surface area contributed by atoms with E-state index in [1.54, 1.807) is 4.90 Å². The number of aliphatic hydroxyl groups is 1. The van der Waals surface area contributed by atoms with Gasteiger partial charge in [-0.05, 0) is 11.4 Å². The van der Waals surface area contributed by atoms with Crippen molar-refractivity contribution >= 4 is 17.3 Å². The van der Waals surface area contributed by atoms with Gasteiger partial charge in [0.15, 0.2) is 0 Å². The number of aromatic nitrogens is 2. The molecule has 8 heteroatoms. The quantitative estimate of drug-likeness (QED) is 0.840. The van der Waals surface area contributed by atoms with Crippen LogP contribution in [0.4, 0.5) is 0 Å². The molecule has 0 saturated carbocycles. The predicted octanol–water partition coefficient (Wildman–Crippen LogP) is 0.906. The van der Waals surface area contributed by atoms with Crippen molar-refractivity contribution in [3.63, 3.8) is 0 Å². The fourth-order valence-electron chi connectivity index (χ4n) is 2.43. The Bertz CT molecular complexity index is 613. The molecule has 1 aliphatic heterocycles. The summed E-state index contributed by atoms with van der Waals surface area (Å²) in [7, 11) is 1.34. The Hall–Kier alpha value is -1.77. The molecule has 1 aliphatic rings. The van der Waals surface area contributed by atoms with Crippen molar-refractivity contribution in [3.8, 4) is 10.7 Å². The number of esters is 1. The number of carbonyl (C=O) groups is 1. The molecule has 3 heterocycles. The van der Waals surface area contributed by atoms with E-state index in [0.29, 0.717) is 31.2 Å². The summed E-state index contributed by atoms with van der Waals surface area (Å²) in [5.41, 5.74) is 0. The van der Waals surface area contributed by atoms with Crippen molar-refractivity contribution in [1.29, 1.82) is 0 Å². The van der Waals surface area contributed by atoms with Crippen LogP contribution in [-0.4, -0.2) is 51.9 Å². The summed E-state index contributed by atoms with van der Waals surface area (Å²) in [5.74, 6) is 0.598. The van der Waals surface area contributed by atoms with E-state index in [-0.39, 0.29) is 5.97 Å². The Kier molecular flexibility index (Phi) is 4.00. The van der Waals surface area contributed by atoms with Crippen LogP contribution in [0.25, 0.3) is 10.7 Å². The average Bonchev–Trinajstić information content (AvgIpc) is 3.18. The molecular formula is C13H15N3O4S. The Morgan fingerprint density at radius 2 is 2.52 bits per heavy atom. The van der Waals surface area contributed by atoms with E-state index in [9.17, 15) is 9.90 Å². The second-order valence-corrected chi connectivity index (χ2v) is 5.79. The van der Waals surface area contributed by atoms with Gasteiger partial charge < -0.3 is 14.4 Å². The lowest BCUT2D eigenvalue weighted by molar-refractivity contribution is -0.146. The second kappa shape index (κ2) is 5.92. The van der Waals surface area contributed by atoms with Gasteiger partial charge >= 0.3 is 5.97 Å². The number of likely N-dealkylation sites (tertiary alicyclic amines) is 1. The summed E-state index contributed by atoms with van der Waals surface area (Å²) in [6.45, 7) is 0.700. The summed E-state index contributed by atoms with van der Waals surface area (Å²) in [6, 6.07) is 3.36. The molecule has 0 aliphatic carbocycles. The second-order valence-electron chi connectivity index (χ2n) is 4.85. The molecule has 0 radical (unpaired) electrons. The molecule has 3 rings (SSSR count). The van der Waals surface area contributed by atoms with Crippen molar-refractivity contribution in [3.05, 3.63) is 23.4 Å². The number of β-amino-alcohol motifs (C(OH)–C–C–N with tert-alkyl or cyclic N) is 1. The number of hydrogen-bond donors (Lipinski definition) is 1. The van der Waals surface area contributed by atoms with E-state index in [1.165, 1.54) is 18.4 Å². The highest BCUT2D eigenvalue weighted by molar-refractivity contribution is 7.13. The molecule has 2 aromatic rings. The molecule has 0 spiro atoms. The van der Waals surface area contributed by atoms with Gasteiger partial charge in [-0.25, -0.2) is 0 Å². The lowest BCUT2D eigenvalue weighted by atomic mass is 10.2. The molecule has 2 unspecified atom stereocenters. The summed E-state index contributed by atoms with van der Waals surface area (Å²) < 4.78 is 9.98. The summed E-state index contributed by atoms with van der Waals surface area (Å²) in [6.07, 6.45) is -0.188. The first-order chi connectivity index (χ1) is 10.2. The van der Waals surface area contributed by atoms with Crippen LogP contribution in [0.1, 0.15) is 12.3 Å². The zero-order valence-corrected chi connectivity index (χ0v) is 12.2. The van der Waals surface area contributed by atoms with Gasteiger partial charge in [0.25, 0.3) is 0 Å². The normalized spacial score (nSPS) is 22.6. The predicted molar refractivity (Wildman–Crippen MR) is 74.4 cm³/mol. The van der Waals surface area contributed by atoms with E-state index in [1.807, 2.05) is 17.5 Å². The van der Waals surface area contributed by atoms with Crippen LogP contribution in [0.3, 0.4) is 0 Å². The third kappa shape index (κ3) is 2.97.